The second kappa shape index (κ2) is 5.98. The number of rotatable bonds is 4. The van der Waals surface area contributed by atoms with Crippen molar-refractivity contribution >= 4 is 43.7 Å². The minimum Gasteiger partial charge on any atom is -0.380 e. The molecule has 0 saturated carbocycles. The van der Waals surface area contributed by atoms with Crippen LogP contribution in [0, 0.1) is 0 Å². The molecule has 0 amide bonds. The summed E-state index contributed by atoms with van der Waals surface area (Å²) < 4.78 is 1.14. The predicted molar refractivity (Wildman–Crippen MR) is 92.7 cm³/mol. The molecule has 0 aliphatic rings. The average Bonchev–Trinajstić information content (AvgIpc) is 2.95. The van der Waals surface area contributed by atoms with Gasteiger partial charge in [-0.1, -0.05) is 47.1 Å². The third-order valence-electron chi connectivity index (χ3n) is 3.39. The second-order valence-corrected chi connectivity index (χ2v) is 6.82. The molecule has 3 rings (SSSR count). The van der Waals surface area contributed by atoms with Gasteiger partial charge >= 0.3 is 0 Å². The number of anilines is 1. The highest BCUT2D eigenvalue weighted by Crippen LogP contribution is 2.30. The van der Waals surface area contributed by atoms with E-state index in [1.807, 2.05) is 11.3 Å². The Balaban J connectivity index is 1.86. The van der Waals surface area contributed by atoms with Crippen LogP contribution in [0.1, 0.15) is 16.7 Å². The van der Waals surface area contributed by atoms with E-state index in [1.54, 1.807) is 0 Å². The first-order valence-electron chi connectivity index (χ1n) is 6.76. The molecule has 1 aromatic heterocycles. The molecule has 2 aromatic carbocycles. The second-order valence-electron chi connectivity index (χ2n) is 4.72. The van der Waals surface area contributed by atoms with Gasteiger partial charge in [0.1, 0.15) is 0 Å². The minimum atomic E-state index is 0.885. The Kier molecular flexibility index (Phi) is 4.08. The van der Waals surface area contributed by atoms with E-state index in [2.05, 4.69) is 76.7 Å². The van der Waals surface area contributed by atoms with E-state index in [4.69, 9.17) is 0 Å². The molecule has 0 saturated heterocycles. The van der Waals surface area contributed by atoms with Crippen LogP contribution in [-0.4, -0.2) is 0 Å². The molecular weight excluding hydrogens is 330 g/mol. The van der Waals surface area contributed by atoms with Gasteiger partial charge in [0.05, 0.1) is 0 Å². The summed E-state index contributed by atoms with van der Waals surface area (Å²) in [5.74, 6) is 0. The van der Waals surface area contributed by atoms with E-state index >= 15 is 0 Å². The fraction of sp³-hybridized carbons (Fsp3) is 0.176. The van der Waals surface area contributed by atoms with Crippen LogP contribution in [0.15, 0.2) is 53.0 Å². The molecule has 0 unspecified atom stereocenters. The number of thiophene rings is 1. The van der Waals surface area contributed by atoms with Crippen LogP contribution in [0.4, 0.5) is 5.69 Å². The highest BCUT2D eigenvalue weighted by Gasteiger charge is 2.04. The maximum absolute atomic E-state index is 3.61. The van der Waals surface area contributed by atoms with E-state index in [0.29, 0.717) is 0 Å². The predicted octanol–water partition coefficient (Wildman–Crippen LogP) is 5.84. The van der Waals surface area contributed by atoms with Crippen molar-refractivity contribution in [3.63, 3.8) is 0 Å². The van der Waals surface area contributed by atoms with Crippen LogP contribution in [-0.2, 0) is 13.0 Å². The van der Waals surface area contributed by atoms with Crippen molar-refractivity contribution in [2.24, 2.45) is 0 Å². The van der Waals surface area contributed by atoms with Gasteiger partial charge in [-0.2, -0.15) is 0 Å². The first-order valence-corrected chi connectivity index (χ1v) is 8.37. The van der Waals surface area contributed by atoms with Crippen LogP contribution in [0.3, 0.4) is 0 Å². The molecule has 1 nitrogen and oxygen atoms in total. The van der Waals surface area contributed by atoms with Crippen LogP contribution < -0.4 is 5.32 Å². The zero-order valence-corrected chi connectivity index (χ0v) is 13.7. The third-order valence-corrected chi connectivity index (χ3v) is 5.31. The summed E-state index contributed by atoms with van der Waals surface area (Å²) in [6.07, 6.45) is 1.12. The Morgan fingerprint density at radius 2 is 1.70 bits per heavy atom. The summed E-state index contributed by atoms with van der Waals surface area (Å²) in [4.78, 5) is 2.83. The zero-order chi connectivity index (χ0) is 13.9. The van der Waals surface area contributed by atoms with Gasteiger partial charge in [-0.05, 0) is 36.1 Å². The van der Waals surface area contributed by atoms with Crippen molar-refractivity contribution in [1.29, 1.82) is 0 Å². The fourth-order valence-electron chi connectivity index (χ4n) is 2.31. The smallest absolute Gasteiger partial charge is 0.0494 e. The number of hydrogen-bond donors (Lipinski definition) is 1. The summed E-state index contributed by atoms with van der Waals surface area (Å²) in [6, 6.07) is 17.2. The molecule has 0 atom stereocenters. The number of benzene rings is 2. The number of aryl methyl sites for hydroxylation is 1. The van der Waals surface area contributed by atoms with Crippen LogP contribution in [0.5, 0.6) is 0 Å². The van der Waals surface area contributed by atoms with Crippen LogP contribution >= 0.6 is 27.3 Å². The number of halogens is 1. The molecular formula is C17H16BrNS. The summed E-state index contributed by atoms with van der Waals surface area (Å²) in [7, 11) is 0. The summed E-state index contributed by atoms with van der Waals surface area (Å²) >= 11 is 5.50. The van der Waals surface area contributed by atoms with Gasteiger partial charge in [-0.15, -0.1) is 11.3 Å². The molecule has 20 heavy (non-hydrogen) atoms. The quantitative estimate of drug-likeness (QED) is 0.626. The van der Waals surface area contributed by atoms with Crippen molar-refractivity contribution in [3.05, 3.63) is 62.8 Å². The molecule has 3 aromatic rings. The lowest BCUT2D eigenvalue weighted by molar-refractivity contribution is 1.19. The van der Waals surface area contributed by atoms with Gasteiger partial charge in [-0.25, -0.2) is 0 Å². The lowest BCUT2D eigenvalue weighted by Gasteiger charge is -2.10. The summed E-state index contributed by atoms with van der Waals surface area (Å²) in [6.45, 7) is 3.08. The van der Waals surface area contributed by atoms with Crippen LogP contribution in [0.25, 0.3) is 10.8 Å². The first kappa shape index (κ1) is 13.7. The number of hydrogen-bond acceptors (Lipinski definition) is 2. The maximum Gasteiger partial charge on any atom is 0.0494 e. The zero-order valence-electron chi connectivity index (χ0n) is 11.3. The van der Waals surface area contributed by atoms with Gasteiger partial charge in [0.2, 0.25) is 0 Å². The Morgan fingerprint density at radius 3 is 2.45 bits per heavy atom. The molecule has 0 radical (unpaired) electrons. The summed E-state index contributed by atoms with van der Waals surface area (Å²) in [5, 5.41) is 6.06. The molecule has 1 N–H and O–H groups in total. The Bertz CT molecular complexity index is 733. The van der Waals surface area contributed by atoms with E-state index in [1.165, 1.54) is 26.2 Å². The highest BCUT2D eigenvalue weighted by atomic mass is 79.9. The van der Waals surface area contributed by atoms with E-state index in [0.717, 1.165) is 17.4 Å². The van der Waals surface area contributed by atoms with Gasteiger partial charge in [0.25, 0.3) is 0 Å². The largest absolute Gasteiger partial charge is 0.380 e. The lowest BCUT2D eigenvalue weighted by Crippen LogP contribution is -1.98. The minimum absolute atomic E-state index is 0.885. The van der Waals surface area contributed by atoms with E-state index in [9.17, 15) is 0 Å². The SMILES string of the molecule is CCc1ccc(CNc2ccc(Br)c3ccccc23)s1. The normalized spacial score (nSPS) is 10.9. The third kappa shape index (κ3) is 2.74. The van der Waals surface area contributed by atoms with Crippen LogP contribution in [0.2, 0.25) is 0 Å². The molecule has 0 fully saturated rings. The Morgan fingerprint density at radius 1 is 0.950 bits per heavy atom. The maximum atomic E-state index is 3.61. The van der Waals surface area contributed by atoms with Gasteiger partial charge in [0, 0.05) is 31.8 Å². The molecule has 0 aliphatic carbocycles. The molecule has 0 aliphatic heterocycles. The number of nitrogens with one attached hydrogen (secondary N) is 1. The Labute approximate surface area is 131 Å². The van der Waals surface area contributed by atoms with Gasteiger partial charge in [-0.3, -0.25) is 0 Å². The molecule has 1 heterocycles. The van der Waals surface area contributed by atoms with Crippen molar-refractivity contribution in [2.75, 3.05) is 5.32 Å². The highest BCUT2D eigenvalue weighted by molar-refractivity contribution is 9.10. The van der Waals surface area contributed by atoms with Crippen molar-refractivity contribution in [3.8, 4) is 0 Å². The molecule has 0 bridgehead atoms. The molecule has 3 heteroatoms. The molecule has 102 valence electrons. The topological polar surface area (TPSA) is 12.0 Å². The van der Waals surface area contributed by atoms with Gasteiger partial charge < -0.3 is 5.32 Å². The van der Waals surface area contributed by atoms with Gasteiger partial charge in [0.15, 0.2) is 0 Å². The summed E-state index contributed by atoms with van der Waals surface area (Å²) in [5.41, 5.74) is 1.19. The van der Waals surface area contributed by atoms with E-state index < -0.39 is 0 Å². The standard InChI is InChI=1S/C17H16BrNS/c1-2-12-7-8-13(20-12)11-19-17-10-9-16(18)14-5-3-4-6-15(14)17/h3-10,19H,2,11H2,1H3. The monoisotopic (exact) mass is 345 g/mol. The fourth-order valence-corrected chi connectivity index (χ4v) is 3.68. The first-order chi connectivity index (χ1) is 9.78. The molecule has 0 spiro atoms. The lowest BCUT2D eigenvalue weighted by atomic mass is 10.1. The average molecular weight is 346 g/mol. The van der Waals surface area contributed by atoms with Crippen molar-refractivity contribution < 1.29 is 0 Å². The van der Waals surface area contributed by atoms with Crippen molar-refractivity contribution in [1.82, 2.24) is 0 Å². The Hall–Kier alpha value is -1.32. The number of fused-ring (bicyclic) bond motifs is 1. The van der Waals surface area contributed by atoms with E-state index in [-0.39, 0.29) is 0 Å². The van der Waals surface area contributed by atoms with Crippen molar-refractivity contribution in [2.45, 2.75) is 19.9 Å².